The molecule has 1 saturated heterocycles. The maximum atomic E-state index is 10.7. The van der Waals surface area contributed by atoms with Gasteiger partial charge in [-0.1, -0.05) is 6.42 Å². The van der Waals surface area contributed by atoms with Crippen molar-refractivity contribution in [3.63, 3.8) is 0 Å². The lowest BCUT2D eigenvalue weighted by atomic mass is 9.86. The van der Waals surface area contributed by atoms with E-state index in [2.05, 4.69) is 27.4 Å². The van der Waals surface area contributed by atoms with E-state index < -0.39 is 5.60 Å². The Morgan fingerprint density at radius 3 is 2.69 bits per heavy atom. The molecule has 3 aliphatic rings. The zero-order valence-corrected chi connectivity index (χ0v) is 16.7. The van der Waals surface area contributed by atoms with Crippen LogP contribution in [0.3, 0.4) is 0 Å². The number of guanidine groups is 1. The summed E-state index contributed by atoms with van der Waals surface area (Å²) in [4.78, 5) is 6.91. The average Bonchev–Trinajstić information content (AvgIpc) is 3.23. The van der Waals surface area contributed by atoms with E-state index >= 15 is 0 Å². The minimum atomic E-state index is -0.815. The van der Waals surface area contributed by atoms with Crippen LogP contribution in [0.5, 0.6) is 0 Å². The second kappa shape index (κ2) is 9.38. The number of rotatable bonds is 8. The standard InChI is InChI=1S/C20H38N4O2/c1-3-21-19(22-7-6-18-13-16-4-5-17(18)12-16)23-14-20(2,25)15-24-8-10-26-11-9-24/h16-18,25H,3-15H2,1-2H3,(H2,21,22,23). The first-order valence-electron chi connectivity index (χ1n) is 10.6. The molecular formula is C20H38N4O2. The molecule has 4 unspecified atom stereocenters. The van der Waals surface area contributed by atoms with Crippen molar-refractivity contribution in [2.75, 3.05) is 52.5 Å². The summed E-state index contributed by atoms with van der Waals surface area (Å²) < 4.78 is 5.38. The van der Waals surface area contributed by atoms with Crippen LogP contribution in [-0.2, 0) is 4.74 Å². The third-order valence-electron chi connectivity index (χ3n) is 6.28. The number of fused-ring (bicyclic) bond motifs is 2. The molecule has 0 spiro atoms. The van der Waals surface area contributed by atoms with Crippen LogP contribution in [0.15, 0.2) is 4.99 Å². The van der Waals surface area contributed by atoms with Crippen LogP contribution in [0.25, 0.3) is 0 Å². The van der Waals surface area contributed by atoms with Crippen LogP contribution in [0.4, 0.5) is 0 Å². The molecule has 2 saturated carbocycles. The number of morpholine rings is 1. The normalized spacial score (nSPS) is 31.8. The highest BCUT2D eigenvalue weighted by atomic mass is 16.5. The number of nitrogens with zero attached hydrogens (tertiary/aromatic N) is 2. The van der Waals surface area contributed by atoms with Gasteiger partial charge in [-0.3, -0.25) is 9.89 Å². The third kappa shape index (κ3) is 5.83. The predicted molar refractivity (Wildman–Crippen MR) is 105 cm³/mol. The van der Waals surface area contributed by atoms with E-state index in [1.807, 2.05) is 6.92 Å². The molecule has 6 nitrogen and oxygen atoms in total. The number of β-amino-alcohol motifs (C(OH)–C–C–N with tert-alkyl or cyclic N) is 1. The monoisotopic (exact) mass is 366 g/mol. The summed E-state index contributed by atoms with van der Waals surface area (Å²) in [7, 11) is 0. The van der Waals surface area contributed by atoms with Gasteiger partial charge >= 0.3 is 0 Å². The van der Waals surface area contributed by atoms with Gasteiger partial charge in [0.1, 0.15) is 0 Å². The van der Waals surface area contributed by atoms with Gasteiger partial charge in [0.2, 0.25) is 0 Å². The van der Waals surface area contributed by atoms with E-state index in [1.54, 1.807) is 0 Å². The Labute approximate surface area is 158 Å². The highest BCUT2D eigenvalue weighted by Gasteiger charge is 2.38. The van der Waals surface area contributed by atoms with Gasteiger partial charge in [0.25, 0.3) is 0 Å². The van der Waals surface area contributed by atoms with E-state index in [1.165, 1.54) is 32.1 Å². The van der Waals surface area contributed by atoms with Crippen LogP contribution in [0, 0.1) is 17.8 Å². The maximum Gasteiger partial charge on any atom is 0.191 e. The minimum Gasteiger partial charge on any atom is -0.387 e. The Morgan fingerprint density at radius 2 is 2.04 bits per heavy atom. The van der Waals surface area contributed by atoms with E-state index in [9.17, 15) is 5.11 Å². The second-order valence-corrected chi connectivity index (χ2v) is 8.73. The van der Waals surface area contributed by atoms with Gasteiger partial charge in [0, 0.05) is 32.7 Å². The summed E-state index contributed by atoms with van der Waals surface area (Å²) in [6.45, 7) is 10.1. The number of aliphatic imine (C=N–C) groups is 1. The first-order chi connectivity index (χ1) is 12.6. The van der Waals surface area contributed by atoms with Crippen molar-refractivity contribution in [1.82, 2.24) is 15.5 Å². The quantitative estimate of drug-likeness (QED) is 0.448. The Hall–Kier alpha value is -0.850. The van der Waals surface area contributed by atoms with Crippen molar-refractivity contribution in [2.45, 2.75) is 51.6 Å². The van der Waals surface area contributed by atoms with Crippen molar-refractivity contribution in [1.29, 1.82) is 0 Å². The van der Waals surface area contributed by atoms with Gasteiger partial charge < -0.3 is 20.5 Å². The van der Waals surface area contributed by atoms with Gasteiger partial charge in [0.05, 0.1) is 25.4 Å². The van der Waals surface area contributed by atoms with Crippen molar-refractivity contribution in [2.24, 2.45) is 22.7 Å². The maximum absolute atomic E-state index is 10.7. The molecule has 1 aliphatic heterocycles. The molecule has 2 aliphatic carbocycles. The first kappa shape index (κ1) is 19.9. The van der Waals surface area contributed by atoms with Crippen LogP contribution in [0.2, 0.25) is 0 Å². The zero-order valence-electron chi connectivity index (χ0n) is 16.7. The van der Waals surface area contributed by atoms with Crippen molar-refractivity contribution >= 4 is 5.96 Å². The zero-order chi connectivity index (χ0) is 18.4. The third-order valence-corrected chi connectivity index (χ3v) is 6.28. The van der Waals surface area contributed by atoms with E-state index in [4.69, 9.17) is 4.74 Å². The largest absolute Gasteiger partial charge is 0.387 e. The lowest BCUT2D eigenvalue weighted by Crippen LogP contribution is -2.48. The molecule has 0 radical (unpaired) electrons. The summed E-state index contributed by atoms with van der Waals surface area (Å²) in [5, 5.41) is 17.5. The smallest absolute Gasteiger partial charge is 0.191 e. The molecule has 3 N–H and O–H groups in total. The Kier molecular flexibility index (Phi) is 7.18. The lowest BCUT2D eigenvalue weighted by Gasteiger charge is -2.33. The fourth-order valence-corrected chi connectivity index (χ4v) is 4.99. The highest BCUT2D eigenvalue weighted by Crippen LogP contribution is 2.49. The topological polar surface area (TPSA) is 69.1 Å². The summed E-state index contributed by atoms with van der Waals surface area (Å²) in [5.41, 5.74) is -0.815. The molecule has 0 aromatic heterocycles. The van der Waals surface area contributed by atoms with E-state index in [0.29, 0.717) is 13.1 Å². The number of nitrogens with one attached hydrogen (secondary N) is 2. The van der Waals surface area contributed by atoms with Gasteiger partial charge in [-0.25, -0.2) is 0 Å². The van der Waals surface area contributed by atoms with Gasteiger partial charge in [-0.15, -0.1) is 0 Å². The molecule has 0 amide bonds. The molecule has 26 heavy (non-hydrogen) atoms. The fourth-order valence-electron chi connectivity index (χ4n) is 4.99. The van der Waals surface area contributed by atoms with Crippen LogP contribution >= 0.6 is 0 Å². The minimum absolute atomic E-state index is 0.411. The summed E-state index contributed by atoms with van der Waals surface area (Å²) in [6.07, 6.45) is 7.08. The van der Waals surface area contributed by atoms with Crippen molar-refractivity contribution in [3.05, 3.63) is 0 Å². The molecule has 6 heteroatoms. The predicted octanol–water partition coefficient (Wildman–Crippen LogP) is 1.45. The van der Waals surface area contributed by atoms with Crippen molar-refractivity contribution in [3.8, 4) is 0 Å². The highest BCUT2D eigenvalue weighted by molar-refractivity contribution is 5.79. The molecule has 150 valence electrons. The molecule has 3 rings (SSSR count). The van der Waals surface area contributed by atoms with Gasteiger partial charge in [-0.05, 0) is 57.3 Å². The van der Waals surface area contributed by atoms with Crippen LogP contribution < -0.4 is 10.6 Å². The van der Waals surface area contributed by atoms with E-state index in [-0.39, 0.29) is 0 Å². The summed E-state index contributed by atoms with van der Waals surface area (Å²) in [6, 6.07) is 0. The summed E-state index contributed by atoms with van der Waals surface area (Å²) >= 11 is 0. The summed E-state index contributed by atoms with van der Waals surface area (Å²) in [5.74, 6) is 3.74. The van der Waals surface area contributed by atoms with Crippen LogP contribution in [-0.4, -0.2) is 74.0 Å². The Balaban J connectivity index is 1.41. The van der Waals surface area contributed by atoms with Crippen LogP contribution in [0.1, 0.15) is 46.0 Å². The molecule has 0 aromatic carbocycles. The van der Waals surface area contributed by atoms with Gasteiger partial charge in [0.15, 0.2) is 5.96 Å². The number of hydrogen-bond acceptors (Lipinski definition) is 4. The van der Waals surface area contributed by atoms with Gasteiger partial charge in [-0.2, -0.15) is 0 Å². The molecular weight excluding hydrogens is 328 g/mol. The van der Waals surface area contributed by atoms with Crippen molar-refractivity contribution < 1.29 is 9.84 Å². The SMILES string of the molecule is CCNC(=NCC(C)(O)CN1CCOCC1)NCCC1CC2CCC1C2. The number of hydrogen-bond donors (Lipinski definition) is 3. The first-order valence-corrected chi connectivity index (χ1v) is 10.6. The van der Waals surface area contributed by atoms with E-state index in [0.717, 1.165) is 63.1 Å². The number of aliphatic hydroxyl groups is 1. The molecule has 1 heterocycles. The number of ether oxygens (including phenoxy) is 1. The molecule has 3 fully saturated rings. The Morgan fingerprint density at radius 1 is 1.23 bits per heavy atom. The lowest BCUT2D eigenvalue weighted by molar-refractivity contribution is -0.0179. The Bertz CT molecular complexity index is 463. The molecule has 4 atom stereocenters. The molecule has 0 aromatic rings. The average molecular weight is 367 g/mol. The second-order valence-electron chi connectivity index (χ2n) is 8.73. The molecule has 2 bridgehead atoms. The fraction of sp³-hybridized carbons (Fsp3) is 0.950.